The normalized spacial score (nSPS) is 15.4. The Morgan fingerprint density at radius 2 is 2.29 bits per heavy atom. The highest BCUT2D eigenvalue weighted by Gasteiger charge is 2.20. The van der Waals surface area contributed by atoms with E-state index in [1.165, 1.54) is 0 Å². The molecule has 2 unspecified atom stereocenters. The van der Waals surface area contributed by atoms with E-state index in [9.17, 15) is 5.11 Å². The van der Waals surface area contributed by atoms with Gasteiger partial charge in [0.2, 0.25) is 5.89 Å². The minimum Gasteiger partial charge on any atom is -0.392 e. The molecule has 0 aliphatic heterocycles. The minimum absolute atomic E-state index is 0.127. The van der Waals surface area contributed by atoms with E-state index in [2.05, 4.69) is 10.1 Å². The molecule has 0 saturated carbocycles. The molecule has 0 aliphatic carbocycles. The van der Waals surface area contributed by atoms with Crippen LogP contribution in [0.1, 0.15) is 37.9 Å². The van der Waals surface area contributed by atoms with E-state index >= 15 is 0 Å². The van der Waals surface area contributed by atoms with Crippen molar-refractivity contribution in [2.45, 2.75) is 38.9 Å². The van der Waals surface area contributed by atoms with Crippen LogP contribution in [0.25, 0.3) is 0 Å². The molecular weight excluding hydrogens is 184 g/mol. The van der Waals surface area contributed by atoms with Gasteiger partial charge >= 0.3 is 0 Å². The zero-order chi connectivity index (χ0) is 10.6. The van der Waals surface area contributed by atoms with E-state index in [0.717, 1.165) is 0 Å². The van der Waals surface area contributed by atoms with Crippen molar-refractivity contribution < 1.29 is 14.4 Å². The third-order valence-corrected chi connectivity index (χ3v) is 2.14. The number of aromatic nitrogens is 2. The number of hydrogen-bond acceptors (Lipinski definition) is 5. The van der Waals surface area contributed by atoms with Crippen LogP contribution in [0.4, 0.5) is 0 Å². The van der Waals surface area contributed by atoms with Gasteiger partial charge in [0, 0.05) is 7.11 Å². The summed E-state index contributed by atoms with van der Waals surface area (Å²) >= 11 is 0. The summed E-state index contributed by atoms with van der Waals surface area (Å²) in [5.74, 6) is 0.849. The van der Waals surface area contributed by atoms with E-state index in [-0.39, 0.29) is 5.92 Å². The Balaban J connectivity index is 2.65. The number of ether oxygens (including phenoxy) is 1. The average molecular weight is 200 g/mol. The highest BCUT2D eigenvalue weighted by Crippen LogP contribution is 2.19. The first-order chi connectivity index (χ1) is 6.69. The van der Waals surface area contributed by atoms with Crippen molar-refractivity contribution in [1.29, 1.82) is 0 Å². The lowest BCUT2D eigenvalue weighted by Crippen LogP contribution is -2.14. The van der Waals surface area contributed by atoms with Crippen LogP contribution in [0.5, 0.6) is 0 Å². The van der Waals surface area contributed by atoms with Crippen molar-refractivity contribution in [1.82, 2.24) is 10.1 Å². The molecule has 0 aromatic carbocycles. The molecule has 0 aliphatic rings. The summed E-state index contributed by atoms with van der Waals surface area (Å²) in [4.78, 5) is 4.11. The van der Waals surface area contributed by atoms with Gasteiger partial charge in [-0.1, -0.05) is 19.0 Å². The molecular formula is C9H16N2O3. The Morgan fingerprint density at radius 1 is 1.57 bits per heavy atom. The van der Waals surface area contributed by atoms with Gasteiger partial charge in [-0.05, 0) is 6.42 Å². The summed E-state index contributed by atoms with van der Waals surface area (Å²) in [6.07, 6.45) is 0.231. The van der Waals surface area contributed by atoms with Crippen molar-refractivity contribution in [2.24, 2.45) is 0 Å². The summed E-state index contributed by atoms with van der Waals surface area (Å²) in [7, 11) is 1.57. The monoisotopic (exact) mass is 200 g/mol. The van der Waals surface area contributed by atoms with E-state index in [1.54, 1.807) is 7.11 Å². The third kappa shape index (κ3) is 2.52. The van der Waals surface area contributed by atoms with Gasteiger partial charge in [0.15, 0.2) is 5.82 Å². The Morgan fingerprint density at radius 3 is 2.86 bits per heavy atom. The fraction of sp³-hybridized carbons (Fsp3) is 0.778. The second-order valence-corrected chi connectivity index (χ2v) is 3.25. The van der Waals surface area contributed by atoms with Gasteiger partial charge in [-0.3, -0.25) is 0 Å². The molecule has 0 spiro atoms. The first kappa shape index (κ1) is 11.1. The lowest BCUT2D eigenvalue weighted by Gasteiger charge is -2.11. The summed E-state index contributed by atoms with van der Waals surface area (Å²) in [6.45, 7) is 4.10. The Bertz CT molecular complexity index is 275. The Kier molecular flexibility index (Phi) is 4.03. The van der Waals surface area contributed by atoms with E-state index in [0.29, 0.717) is 24.7 Å². The smallest absolute Gasteiger partial charge is 0.232 e. The first-order valence-corrected chi connectivity index (χ1v) is 4.68. The molecule has 0 radical (unpaired) electrons. The maximum atomic E-state index is 9.56. The van der Waals surface area contributed by atoms with Crippen molar-refractivity contribution >= 4 is 0 Å². The molecule has 0 saturated heterocycles. The van der Waals surface area contributed by atoms with Gasteiger partial charge in [0.1, 0.15) is 6.61 Å². The Labute approximate surface area is 83.1 Å². The zero-order valence-electron chi connectivity index (χ0n) is 8.73. The molecule has 2 atom stereocenters. The van der Waals surface area contributed by atoms with Gasteiger partial charge in [-0.25, -0.2) is 0 Å². The molecule has 1 aromatic heterocycles. The quantitative estimate of drug-likeness (QED) is 0.770. The summed E-state index contributed by atoms with van der Waals surface area (Å²) in [5, 5.41) is 13.3. The SMILES string of the molecule is CCC(O)C(C)c1nc(COC)no1. The van der Waals surface area contributed by atoms with E-state index in [4.69, 9.17) is 9.26 Å². The lowest BCUT2D eigenvalue weighted by atomic mass is 10.0. The van der Waals surface area contributed by atoms with Gasteiger partial charge in [-0.15, -0.1) is 0 Å². The molecule has 0 bridgehead atoms. The highest BCUT2D eigenvalue weighted by molar-refractivity contribution is 4.94. The predicted octanol–water partition coefficient (Wildman–Crippen LogP) is 1.09. The molecule has 1 aromatic rings. The topological polar surface area (TPSA) is 68.4 Å². The third-order valence-electron chi connectivity index (χ3n) is 2.14. The number of aliphatic hydroxyl groups is 1. The fourth-order valence-electron chi connectivity index (χ4n) is 1.16. The van der Waals surface area contributed by atoms with E-state index in [1.807, 2.05) is 13.8 Å². The molecule has 5 heteroatoms. The Hall–Kier alpha value is -0.940. The van der Waals surface area contributed by atoms with Crippen molar-refractivity contribution in [3.05, 3.63) is 11.7 Å². The summed E-state index contributed by atoms with van der Waals surface area (Å²) < 4.78 is 9.86. The predicted molar refractivity (Wildman–Crippen MR) is 49.7 cm³/mol. The summed E-state index contributed by atoms with van der Waals surface area (Å²) in [6, 6.07) is 0. The standard InChI is InChI=1S/C9H16N2O3/c1-4-7(12)6(2)9-10-8(5-13-3)11-14-9/h6-7,12H,4-5H2,1-3H3. The zero-order valence-corrected chi connectivity index (χ0v) is 8.73. The van der Waals surface area contributed by atoms with Crippen LogP contribution in [-0.4, -0.2) is 28.5 Å². The molecule has 14 heavy (non-hydrogen) atoms. The molecule has 1 heterocycles. The molecule has 1 rings (SSSR count). The van der Waals surface area contributed by atoms with Gasteiger partial charge in [-0.2, -0.15) is 4.98 Å². The van der Waals surface area contributed by atoms with Crippen LogP contribution in [0, 0.1) is 0 Å². The van der Waals surface area contributed by atoms with Crippen LogP contribution in [0.3, 0.4) is 0 Å². The number of rotatable bonds is 5. The maximum absolute atomic E-state index is 9.56. The number of hydrogen-bond donors (Lipinski definition) is 1. The van der Waals surface area contributed by atoms with Crippen LogP contribution < -0.4 is 0 Å². The maximum Gasteiger partial charge on any atom is 0.232 e. The van der Waals surface area contributed by atoms with Gasteiger partial charge in [0.05, 0.1) is 12.0 Å². The number of methoxy groups -OCH3 is 1. The number of nitrogens with zero attached hydrogens (tertiary/aromatic N) is 2. The van der Waals surface area contributed by atoms with Crippen LogP contribution in [-0.2, 0) is 11.3 Å². The molecule has 80 valence electrons. The highest BCUT2D eigenvalue weighted by atomic mass is 16.5. The van der Waals surface area contributed by atoms with Crippen LogP contribution in [0.2, 0.25) is 0 Å². The largest absolute Gasteiger partial charge is 0.392 e. The number of aliphatic hydroxyl groups excluding tert-OH is 1. The first-order valence-electron chi connectivity index (χ1n) is 4.68. The van der Waals surface area contributed by atoms with Gasteiger partial charge < -0.3 is 14.4 Å². The van der Waals surface area contributed by atoms with Crippen molar-refractivity contribution in [2.75, 3.05) is 7.11 Å². The van der Waals surface area contributed by atoms with Crippen molar-refractivity contribution in [3.8, 4) is 0 Å². The second kappa shape index (κ2) is 5.07. The molecule has 5 nitrogen and oxygen atoms in total. The van der Waals surface area contributed by atoms with Crippen LogP contribution >= 0.6 is 0 Å². The second-order valence-electron chi connectivity index (χ2n) is 3.25. The minimum atomic E-state index is -0.439. The van der Waals surface area contributed by atoms with E-state index < -0.39 is 6.10 Å². The van der Waals surface area contributed by atoms with Gasteiger partial charge in [0.25, 0.3) is 0 Å². The summed E-state index contributed by atoms with van der Waals surface area (Å²) in [5.41, 5.74) is 0. The fourth-order valence-corrected chi connectivity index (χ4v) is 1.16. The van der Waals surface area contributed by atoms with Crippen molar-refractivity contribution in [3.63, 3.8) is 0 Å². The lowest BCUT2D eigenvalue weighted by molar-refractivity contribution is 0.129. The molecule has 1 N–H and O–H groups in total. The molecule has 0 amide bonds. The average Bonchev–Trinajstić information content (AvgIpc) is 2.64. The van der Waals surface area contributed by atoms with Crippen LogP contribution in [0.15, 0.2) is 4.52 Å². The molecule has 0 fully saturated rings.